The standard InChI is InChI=1S/C15H25N3O2/c1-19-14-6-8-17-13(15(14)20-2)11-18-9-3-4-12(10-18)5-7-16/h6,8,12H,3-5,7,9-11,16H2,1-2H3. The lowest BCUT2D eigenvalue weighted by Gasteiger charge is -2.32. The Labute approximate surface area is 121 Å². The Hall–Kier alpha value is -1.33. The van der Waals surface area contributed by atoms with Crippen LogP contribution in [0.2, 0.25) is 0 Å². The zero-order chi connectivity index (χ0) is 14.4. The number of hydrogen-bond donors (Lipinski definition) is 1. The number of nitrogens with two attached hydrogens (primary N) is 1. The van der Waals surface area contributed by atoms with E-state index in [0.717, 1.165) is 49.8 Å². The van der Waals surface area contributed by atoms with Crippen molar-refractivity contribution in [3.63, 3.8) is 0 Å². The van der Waals surface area contributed by atoms with Crippen LogP contribution in [-0.4, -0.2) is 43.7 Å². The molecule has 0 saturated carbocycles. The molecule has 0 aromatic carbocycles. The molecule has 1 unspecified atom stereocenters. The summed E-state index contributed by atoms with van der Waals surface area (Å²) in [4.78, 5) is 6.89. The molecule has 2 rings (SSSR count). The number of likely N-dealkylation sites (tertiary alicyclic amines) is 1. The molecule has 1 aromatic heterocycles. The van der Waals surface area contributed by atoms with Gasteiger partial charge in [0, 0.05) is 25.4 Å². The van der Waals surface area contributed by atoms with E-state index in [-0.39, 0.29) is 0 Å². The van der Waals surface area contributed by atoms with Crippen LogP contribution in [0.5, 0.6) is 11.5 Å². The molecule has 112 valence electrons. The van der Waals surface area contributed by atoms with Gasteiger partial charge >= 0.3 is 0 Å². The van der Waals surface area contributed by atoms with E-state index in [9.17, 15) is 0 Å². The average molecular weight is 279 g/mol. The van der Waals surface area contributed by atoms with Crippen LogP contribution in [0.4, 0.5) is 0 Å². The first kappa shape index (κ1) is 15.1. The molecule has 5 nitrogen and oxygen atoms in total. The molecule has 2 heterocycles. The quantitative estimate of drug-likeness (QED) is 0.858. The Morgan fingerprint density at radius 1 is 1.40 bits per heavy atom. The molecule has 1 aliphatic heterocycles. The van der Waals surface area contributed by atoms with Gasteiger partial charge in [-0.15, -0.1) is 0 Å². The first-order chi connectivity index (χ1) is 9.78. The van der Waals surface area contributed by atoms with Crippen LogP contribution in [0.15, 0.2) is 12.3 Å². The second kappa shape index (κ2) is 7.45. The minimum atomic E-state index is 0.713. The highest BCUT2D eigenvalue weighted by Crippen LogP contribution is 2.30. The number of rotatable bonds is 6. The second-order valence-electron chi connectivity index (χ2n) is 5.31. The minimum absolute atomic E-state index is 0.713. The summed E-state index contributed by atoms with van der Waals surface area (Å²) in [6.07, 6.45) is 5.41. The molecule has 0 bridgehead atoms. The Morgan fingerprint density at radius 3 is 2.95 bits per heavy atom. The molecule has 1 aromatic rings. The minimum Gasteiger partial charge on any atom is -0.493 e. The van der Waals surface area contributed by atoms with Gasteiger partial charge in [-0.3, -0.25) is 9.88 Å². The van der Waals surface area contributed by atoms with Crippen molar-refractivity contribution < 1.29 is 9.47 Å². The Morgan fingerprint density at radius 2 is 2.25 bits per heavy atom. The lowest BCUT2D eigenvalue weighted by atomic mass is 9.95. The molecule has 20 heavy (non-hydrogen) atoms. The van der Waals surface area contributed by atoms with Crippen molar-refractivity contribution in [3.05, 3.63) is 18.0 Å². The van der Waals surface area contributed by atoms with Gasteiger partial charge in [-0.2, -0.15) is 0 Å². The molecule has 5 heteroatoms. The van der Waals surface area contributed by atoms with Crippen molar-refractivity contribution >= 4 is 0 Å². The summed E-state index contributed by atoms with van der Waals surface area (Å²) in [5, 5.41) is 0. The molecule has 0 spiro atoms. The first-order valence-electron chi connectivity index (χ1n) is 7.26. The average Bonchev–Trinajstić information content (AvgIpc) is 2.47. The van der Waals surface area contributed by atoms with E-state index in [1.165, 1.54) is 12.8 Å². The molecule has 1 fully saturated rings. The van der Waals surface area contributed by atoms with Crippen molar-refractivity contribution in [1.82, 2.24) is 9.88 Å². The van der Waals surface area contributed by atoms with Gasteiger partial charge in [-0.1, -0.05) is 0 Å². The number of aromatic nitrogens is 1. The number of piperidine rings is 1. The number of pyridine rings is 1. The predicted octanol–water partition coefficient (Wildman–Crippen LogP) is 1.66. The van der Waals surface area contributed by atoms with E-state index in [1.54, 1.807) is 20.4 Å². The summed E-state index contributed by atoms with van der Waals surface area (Å²) in [7, 11) is 3.32. The Balaban J connectivity index is 2.05. The van der Waals surface area contributed by atoms with Gasteiger partial charge in [0.2, 0.25) is 0 Å². The number of methoxy groups -OCH3 is 2. The Kier molecular flexibility index (Phi) is 5.61. The van der Waals surface area contributed by atoms with Gasteiger partial charge in [-0.25, -0.2) is 0 Å². The van der Waals surface area contributed by atoms with E-state index < -0.39 is 0 Å². The van der Waals surface area contributed by atoms with E-state index >= 15 is 0 Å². The molecule has 0 radical (unpaired) electrons. The van der Waals surface area contributed by atoms with Crippen molar-refractivity contribution in [2.75, 3.05) is 33.9 Å². The molecule has 2 N–H and O–H groups in total. The monoisotopic (exact) mass is 279 g/mol. The summed E-state index contributed by atoms with van der Waals surface area (Å²) >= 11 is 0. The third-order valence-electron chi connectivity index (χ3n) is 3.92. The number of ether oxygens (including phenoxy) is 2. The Bertz CT molecular complexity index is 424. The fourth-order valence-electron chi connectivity index (χ4n) is 2.94. The van der Waals surface area contributed by atoms with Crippen LogP contribution < -0.4 is 15.2 Å². The molecular weight excluding hydrogens is 254 g/mol. The lowest BCUT2D eigenvalue weighted by molar-refractivity contribution is 0.159. The fraction of sp³-hybridized carbons (Fsp3) is 0.667. The van der Waals surface area contributed by atoms with Gasteiger partial charge in [0.1, 0.15) is 5.69 Å². The maximum atomic E-state index is 5.67. The predicted molar refractivity (Wildman–Crippen MR) is 79.0 cm³/mol. The van der Waals surface area contributed by atoms with Crippen LogP contribution in [0.25, 0.3) is 0 Å². The molecule has 1 aliphatic rings. The van der Waals surface area contributed by atoms with Crippen molar-refractivity contribution in [1.29, 1.82) is 0 Å². The van der Waals surface area contributed by atoms with Crippen LogP contribution in [0.1, 0.15) is 25.0 Å². The third kappa shape index (κ3) is 3.61. The van der Waals surface area contributed by atoms with E-state index in [4.69, 9.17) is 15.2 Å². The van der Waals surface area contributed by atoms with Gasteiger partial charge in [-0.05, 0) is 38.3 Å². The largest absolute Gasteiger partial charge is 0.493 e. The zero-order valence-electron chi connectivity index (χ0n) is 12.5. The number of nitrogens with zero attached hydrogens (tertiary/aromatic N) is 2. The maximum Gasteiger partial charge on any atom is 0.183 e. The van der Waals surface area contributed by atoms with Crippen molar-refractivity contribution in [2.24, 2.45) is 11.7 Å². The highest BCUT2D eigenvalue weighted by molar-refractivity contribution is 5.42. The highest BCUT2D eigenvalue weighted by Gasteiger charge is 2.21. The van der Waals surface area contributed by atoms with Crippen molar-refractivity contribution in [2.45, 2.75) is 25.8 Å². The van der Waals surface area contributed by atoms with Crippen LogP contribution in [0, 0.1) is 5.92 Å². The first-order valence-corrected chi connectivity index (χ1v) is 7.26. The van der Waals surface area contributed by atoms with Gasteiger partial charge in [0.15, 0.2) is 11.5 Å². The summed E-state index contributed by atoms with van der Waals surface area (Å²) in [5.41, 5.74) is 6.62. The zero-order valence-corrected chi connectivity index (χ0v) is 12.5. The topological polar surface area (TPSA) is 60.6 Å². The highest BCUT2D eigenvalue weighted by atomic mass is 16.5. The molecule has 1 saturated heterocycles. The van der Waals surface area contributed by atoms with Gasteiger partial charge in [0.05, 0.1) is 14.2 Å². The van der Waals surface area contributed by atoms with Gasteiger partial charge in [0.25, 0.3) is 0 Å². The second-order valence-corrected chi connectivity index (χ2v) is 5.31. The van der Waals surface area contributed by atoms with Crippen LogP contribution >= 0.6 is 0 Å². The third-order valence-corrected chi connectivity index (χ3v) is 3.92. The smallest absolute Gasteiger partial charge is 0.183 e. The number of hydrogen-bond acceptors (Lipinski definition) is 5. The normalized spacial score (nSPS) is 19.9. The maximum absolute atomic E-state index is 5.67. The molecular formula is C15H25N3O2. The van der Waals surface area contributed by atoms with Gasteiger partial charge < -0.3 is 15.2 Å². The summed E-state index contributed by atoms with van der Waals surface area (Å²) in [5.74, 6) is 2.20. The van der Waals surface area contributed by atoms with E-state index in [0.29, 0.717) is 5.92 Å². The van der Waals surface area contributed by atoms with E-state index in [1.807, 2.05) is 6.07 Å². The summed E-state index contributed by atoms with van der Waals surface area (Å²) in [6.45, 7) is 3.79. The lowest BCUT2D eigenvalue weighted by Crippen LogP contribution is -2.36. The van der Waals surface area contributed by atoms with Crippen LogP contribution in [0.3, 0.4) is 0 Å². The molecule has 1 atom stereocenters. The summed E-state index contributed by atoms with van der Waals surface area (Å²) in [6, 6.07) is 1.83. The molecule has 0 aliphatic carbocycles. The fourth-order valence-corrected chi connectivity index (χ4v) is 2.94. The summed E-state index contributed by atoms with van der Waals surface area (Å²) < 4.78 is 10.8. The molecule has 0 amide bonds. The van der Waals surface area contributed by atoms with Crippen LogP contribution in [-0.2, 0) is 6.54 Å². The SMILES string of the molecule is COc1ccnc(CN2CCCC(CCN)C2)c1OC. The van der Waals surface area contributed by atoms with E-state index in [2.05, 4.69) is 9.88 Å². The van der Waals surface area contributed by atoms with Crippen molar-refractivity contribution in [3.8, 4) is 11.5 Å².